The fourth-order valence-electron chi connectivity index (χ4n) is 3.04. The number of hydrogen-bond donors (Lipinski definition) is 1. The van der Waals surface area contributed by atoms with E-state index in [1.165, 1.54) is 0 Å². The molecular weight excluding hydrogens is 366 g/mol. The zero-order valence-electron chi connectivity index (χ0n) is 14.2. The third-order valence-electron chi connectivity index (χ3n) is 4.36. The highest BCUT2D eigenvalue weighted by molar-refractivity contribution is 7.92. The van der Waals surface area contributed by atoms with Crippen molar-refractivity contribution in [3.8, 4) is 0 Å². The molecule has 2 rings (SSSR count). The number of anilines is 1. The number of benzene rings is 1. The number of nitrogens with zero attached hydrogens (tertiary/aromatic N) is 2. The van der Waals surface area contributed by atoms with Crippen LogP contribution in [0.3, 0.4) is 0 Å². The van der Waals surface area contributed by atoms with Crippen LogP contribution in [0.4, 0.5) is 5.69 Å². The highest BCUT2D eigenvalue weighted by Gasteiger charge is 2.34. The summed E-state index contributed by atoms with van der Waals surface area (Å²) < 4.78 is 25.6. The van der Waals surface area contributed by atoms with Gasteiger partial charge in [0.05, 0.1) is 11.9 Å². The molecule has 138 valence electrons. The van der Waals surface area contributed by atoms with Crippen LogP contribution in [0.25, 0.3) is 0 Å². The number of piperidine rings is 1. The van der Waals surface area contributed by atoms with E-state index in [-0.39, 0.29) is 17.7 Å². The maximum atomic E-state index is 12.8. The normalized spacial score (nSPS) is 17.2. The molecule has 1 saturated heterocycles. The molecule has 2 N–H and O–H groups in total. The number of hydrogen-bond acceptors (Lipinski definition) is 4. The van der Waals surface area contributed by atoms with Crippen LogP contribution >= 0.6 is 11.6 Å². The minimum Gasteiger partial charge on any atom is -0.369 e. The summed E-state index contributed by atoms with van der Waals surface area (Å²) in [5.74, 6) is -0.899. The van der Waals surface area contributed by atoms with Gasteiger partial charge in [0.25, 0.3) is 0 Å². The van der Waals surface area contributed by atoms with Crippen LogP contribution in [0.15, 0.2) is 24.3 Å². The van der Waals surface area contributed by atoms with Crippen molar-refractivity contribution in [2.24, 2.45) is 11.7 Å². The van der Waals surface area contributed by atoms with E-state index < -0.39 is 16.1 Å². The molecule has 0 saturated carbocycles. The molecule has 1 atom stereocenters. The number of nitrogens with two attached hydrogens (primary N) is 1. The summed E-state index contributed by atoms with van der Waals surface area (Å²) >= 11 is 5.85. The zero-order valence-corrected chi connectivity index (χ0v) is 15.8. The van der Waals surface area contributed by atoms with E-state index in [2.05, 4.69) is 0 Å². The highest BCUT2D eigenvalue weighted by Crippen LogP contribution is 2.25. The molecule has 1 aliphatic heterocycles. The first-order chi connectivity index (χ1) is 11.6. The van der Waals surface area contributed by atoms with Crippen molar-refractivity contribution in [2.45, 2.75) is 25.8 Å². The Morgan fingerprint density at radius 3 is 2.20 bits per heavy atom. The van der Waals surface area contributed by atoms with E-state index in [1.807, 2.05) is 0 Å². The van der Waals surface area contributed by atoms with E-state index in [0.717, 1.165) is 10.6 Å². The van der Waals surface area contributed by atoms with Gasteiger partial charge in [0, 0.05) is 24.0 Å². The maximum absolute atomic E-state index is 12.8. The van der Waals surface area contributed by atoms with E-state index in [1.54, 1.807) is 36.1 Å². The van der Waals surface area contributed by atoms with Gasteiger partial charge < -0.3 is 10.6 Å². The van der Waals surface area contributed by atoms with Gasteiger partial charge in [-0.1, -0.05) is 11.6 Å². The van der Waals surface area contributed by atoms with Crippen molar-refractivity contribution in [3.63, 3.8) is 0 Å². The lowest BCUT2D eigenvalue weighted by molar-refractivity contribution is -0.135. The van der Waals surface area contributed by atoms with E-state index in [0.29, 0.717) is 36.6 Å². The fraction of sp³-hybridized carbons (Fsp3) is 0.500. The molecule has 2 amide bonds. The lowest BCUT2D eigenvalue weighted by Crippen LogP contribution is -2.52. The monoisotopic (exact) mass is 387 g/mol. The molecule has 9 heteroatoms. The minimum atomic E-state index is -3.67. The SMILES string of the molecule is C[C@H](C(=O)N1CCC(C(N)=O)CC1)N(c1ccc(Cl)cc1)S(C)(=O)=O. The largest absolute Gasteiger partial charge is 0.369 e. The maximum Gasteiger partial charge on any atom is 0.246 e. The van der Waals surface area contributed by atoms with Gasteiger partial charge in [-0.2, -0.15) is 0 Å². The van der Waals surface area contributed by atoms with Crippen LogP contribution in [0.5, 0.6) is 0 Å². The minimum absolute atomic E-state index is 0.235. The Kier molecular flexibility index (Phi) is 5.95. The van der Waals surface area contributed by atoms with Gasteiger partial charge in [-0.3, -0.25) is 13.9 Å². The molecule has 0 aromatic heterocycles. The van der Waals surface area contributed by atoms with E-state index in [4.69, 9.17) is 17.3 Å². The van der Waals surface area contributed by atoms with Crippen LogP contribution in [-0.2, 0) is 19.6 Å². The first kappa shape index (κ1) is 19.5. The molecule has 1 fully saturated rings. The first-order valence-electron chi connectivity index (χ1n) is 7.94. The van der Waals surface area contributed by atoms with Crippen molar-refractivity contribution < 1.29 is 18.0 Å². The molecule has 0 aliphatic carbocycles. The van der Waals surface area contributed by atoms with Crippen LogP contribution in [-0.4, -0.2) is 50.5 Å². The molecular formula is C16H22ClN3O4S. The summed E-state index contributed by atoms with van der Waals surface area (Å²) in [6.45, 7) is 2.32. The van der Waals surface area contributed by atoms with Gasteiger partial charge in [-0.05, 0) is 44.0 Å². The predicted octanol–water partition coefficient (Wildman–Crippen LogP) is 1.22. The second-order valence-corrected chi connectivity index (χ2v) is 8.51. The van der Waals surface area contributed by atoms with Gasteiger partial charge in [-0.25, -0.2) is 8.42 Å². The first-order valence-corrected chi connectivity index (χ1v) is 10.2. The van der Waals surface area contributed by atoms with Gasteiger partial charge in [0.2, 0.25) is 21.8 Å². The number of primary amides is 1. The summed E-state index contributed by atoms with van der Waals surface area (Å²) in [5.41, 5.74) is 5.68. The molecule has 0 unspecified atom stereocenters. The summed E-state index contributed by atoms with van der Waals surface area (Å²) in [5, 5.41) is 0.477. The molecule has 0 bridgehead atoms. The predicted molar refractivity (Wildman–Crippen MR) is 96.7 cm³/mol. The molecule has 1 aromatic rings. The lowest BCUT2D eigenvalue weighted by Gasteiger charge is -2.36. The third-order valence-corrected chi connectivity index (χ3v) is 5.85. The van der Waals surface area contributed by atoms with E-state index >= 15 is 0 Å². The van der Waals surface area contributed by atoms with Gasteiger partial charge in [-0.15, -0.1) is 0 Å². The second kappa shape index (κ2) is 7.61. The second-order valence-electron chi connectivity index (χ2n) is 6.21. The van der Waals surface area contributed by atoms with Crippen molar-refractivity contribution in [2.75, 3.05) is 23.7 Å². The third kappa shape index (κ3) is 4.64. The van der Waals surface area contributed by atoms with Crippen LogP contribution in [0.2, 0.25) is 5.02 Å². The number of rotatable bonds is 5. The van der Waals surface area contributed by atoms with Crippen LogP contribution in [0, 0.1) is 5.92 Å². The van der Waals surface area contributed by atoms with Crippen LogP contribution < -0.4 is 10.0 Å². The Morgan fingerprint density at radius 2 is 1.76 bits per heavy atom. The van der Waals surface area contributed by atoms with Gasteiger partial charge in [0.1, 0.15) is 6.04 Å². The number of carbonyl (C=O) groups excluding carboxylic acids is 2. The van der Waals surface area contributed by atoms with Gasteiger partial charge in [0.15, 0.2) is 0 Å². The Labute approximate surface area is 152 Å². The zero-order chi connectivity index (χ0) is 18.8. The average molecular weight is 388 g/mol. The number of carbonyl (C=O) groups is 2. The smallest absolute Gasteiger partial charge is 0.246 e. The van der Waals surface area contributed by atoms with Crippen molar-refractivity contribution in [1.82, 2.24) is 4.90 Å². The standard InChI is InChI=1S/C16H22ClN3O4S/c1-11(16(22)19-9-7-12(8-10-19)15(18)21)20(25(2,23)24)14-5-3-13(17)4-6-14/h3-6,11-12H,7-10H2,1-2H3,(H2,18,21)/t11-/m1/s1. The summed E-state index contributed by atoms with van der Waals surface area (Å²) in [7, 11) is -3.67. The lowest BCUT2D eigenvalue weighted by atomic mass is 9.96. The highest BCUT2D eigenvalue weighted by atomic mass is 35.5. The molecule has 1 aliphatic rings. The Morgan fingerprint density at radius 1 is 1.24 bits per heavy atom. The van der Waals surface area contributed by atoms with Crippen molar-refractivity contribution in [1.29, 1.82) is 0 Å². The summed E-state index contributed by atoms with van der Waals surface area (Å²) in [6, 6.07) is 5.37. The molecule has 0 spiro atoms. The molecule has 7 nitrogen and oxygen atoms in total. The molecule has 1 heterocycles. The molecule has 0 radical (unpaired) electrons. The quantitative estimate of drug-likeness (QED) is 0.820. The van der Waals surface area contributed by atoms with Gasteiger partial charge >= 0.3 is 0 Å². The number of likely N-dealkylation sites (tertiary alicyclic amines) is 1. The van der Waals surface area contributed by atoms with Crippen LogP contribution in [0.1, 0.15) is 19.8 Å². The topological polar surface area (TPSA) is 101 Å². The number of amides is 2. The fourth-order valence-corrected chi connectivity index (χ4v) is 4.33. The number of halogens is 1. The number of sulfonamides is 1. The average Bonchev–Trinajstić information content (AvgIpc) is 2.55. The Bertz CT molecular complexity index is 743. The summed E-state index contributed by atoms with van der Waals surface area (Å²) in [6.07, 6.45) is 2.05. The Balaban J connectivity index is 2.19. The molecule has 25 heavy (non-hydrogen) atoms. The Hall–Kier alpha value is -1.80. The van der Waals surface area contributed by atoms with E-state index in [9.17, 15) is 18.0 Å². The van der Waals surface area contributed by atoms with Crippen molar-refractivity contribution in [3.05, 3.63) is 29.3 Å². The van der Waals surface area contributed by atoms with Crippen molar-refractivity contribution >= 4 is 39.1 Å². The molecule has 1 aromatic carbocycles. The summed E-state index contributed by atoms with van der Waals surface area (Å²) in [4.78, 5) is 25.6.